The molecule has 7 heteroatoms. The fraction of sp³-hybridized carbons (Fsp3) is 0.429. The summed E-state index contributed by atoms with van der Waals surface area (Å²) in [5.41, 5.74) is 0.238. The van der Waals surface area contributed by atoms with E-state index in [1.807, 2.05) is 6.92 Å². The highest BCUT2D eigenvalue weighted by Crippen LogP contribution is 2.37. The highest BCUT2D eigenvalue weighted by atomic mass is 79.9. The van der Waals surface area contributed by atoms with Gasteiger partial charge >= 0.3 is 0 Å². The van der Waals surface area contributed by atoms with Crippen molar-refractivity contribution in [3.8, 4) is 5.75 Å². The van der Waals surface area contributed by atoms with Crippen LogP contribution in [-0.2, 0) is 9.59 Å². The fourth-order valence-corrected chi connectivity index (χ4v) is 2.80. The quantitative estimate of drug-likeness (QED) is 0.692. The summed E-state index contributed by atoms with van der Waals surface area (Å²) in [5.74, 6) is 0.0666. The molecule has 1 aromatic rings. The van der Waals surface area contributed by atoms with Crippen molar-refractivity contribution >= 4 is 45.0 Å². The first-order valence-electron chi connectivity index (χ1n) is 6.64. The summed E-state index contributed by atoms with van der Waals surface area (Å²) in [4.78, 5) is 23.4. The summed E-state index contributed by atoms with van der Waals surface area (Å²) in [6.07, 6.45) is 1.05. The molecule has 0 aromatic heterocycles. The van der Waals surface area contributed by atoms with Crippen LogP contribution in [0.15, 0.2) is 16.6 Å². The number of aromatic hydroxyl groups is 1. The van der Waals surface area contributed by atoms with E-state index in [-0.39, 0.29) is 47.2 Å². The number of phenolic OH excluding ortho intramolecular Hbond substituents is 1. The maximum Gasteiger partial charge on any atom is 0.226 e. The lowest BCUT2D eigenvalue weighted by atomic mass is 10.2. The van der Waals surface area contributed by atoms with Crippen molar-refractivity contribution in [2.24, 2.45) is 11.8 Å². The zero-order valence-corrected chi connectivity index (χ0v) is 13.8. The Balaban J connectivity index is 1.81. The number of hydrogen-bond donors (Lipinski definition) is 3. The van der Waals surface area contributed by atoms with Gasteiger partial charge in [0.1, 0.15) is 0 Å². The second-order valence-electron chi connectivity index (χ2n) is 5.19. The molecule has 3 N–H and O–H groups in total. The van der Waals surface area contributed by atoms with Crippen LogP contribution in [0, 0.1) is 11.8 Å². The number of phenols is 1. The Morgan fingerprint density at radius 1 is 1.48 bits per heavy atom. The minimum atomic E-state index is -0.302. The summed E-state index contributed by atoms with van der Waals surface area (Å²) in [7, 11) is 0. The van der Waals surface area contributed by atoms with Crippen LogP contribution in [0.4, 0.5) is 5.69 Å². The molecule has 0 heterocycles. The topological polar surface area (TPSA) is 78.4 Å². The van der Waals surface area contributed by atoms with Crippen LogP contribution in [-0.4, -0.2) is 23.5 Å². The SMILES string of the molecule is C[C@H]1C[C@@H]1C(=O)NCCC(=O)Nc1cc(Br)cc(Cl)c1O. The molecule has 1 aliphatic rings. The van der Waals surface area contributed by atoms with Crippen LogP contribution >= 0.6 is 27.5 Å². The Morgan fingerprint density at radius 3 is 2.76 bits per heavy atom. The van der Waals surface area contributed by atoms with Crippen molar-refractivity contribution in [2.75, 3.05) is 11.9 Å². The van der Waals surface area contributed by atoms with Crippen LogP contribution in [0.25, 0.3) is 0 Å². The molecule has 0 saturated heterocycles. The maximum atomic E-state index is 11.8. The van der Waals surface area contributed by atoms with Crippen LogP contribution in [0.2, 0.25) is 5.02 Å². The highest BCUT2D eigenvalue weighted by molar-refractivity contribution is 9.10. The standard InChI is InChI=1S/C14H16BrClN2O3/c1-7-4-9(7)14(21)17-3-2-12(19)18-11-6-8(15)5-10(16)13(11)20/h5-7,9,20H,2-4H2,1H3,(H,17,21)(H,18,19)/t7-,9-/m0/s1. The molecular formula is C14H16BrClN2O3. The molecule has 0 aliphatic heterocycles. The van der Waals surface area contributed by atoms with E-state index in [2.05, 4.69) is 26.6 Å². The van der Waals surface area contributed by atoms with Gasteiger partial charge in [-0.1, -0.05) is 34.5 Å². The van der Waals surface area contributed by atoms with E-state index in [0.717, 1.165) is 6.42 Å². The Hall–Kier alpha value is -1.27. The third kappa shape index (κ3) is 4.35. The first-order valence-corrected chi connectivity index (χ1v) is 7.81. The van der Waals surface area contributed by atoms with Gasteiger partial charge in [-0.25, -0.2) is 0 Å². The number of nitrogens with one attached hydrogen (secondary N) is 2. The number of amides is 2. The third-order valence-corrected chi connectivity index (χ3v) is 4.15. The van der Waals surface area contributed by atoms with Gasteiger partial charge in [-0.3, -0.25) is 9.59 Å². The first kappa shape index (κ1) is 16.1. The molecule has 1 aromatic carbocycles. The minimum absolute atomic E-state index is 0.00338. The van der Waals surface area contributed by atoms with Crippen LogP contribution in [0.5, 0.6) is 5.75 Å². The number of carbonyl (C=O) groups excluding carboxylic acids is 2. The molecule has 1 fully saturated rings. The van der Waals surface area contributed by atoms with E-state index in [1.54, 1.807) is 6.07 Å². The summed E-state index contributed by atoms with van der Waals surface area (Å²) >= 11 is 9.05. The molecule has 21 heavy (non-hydrogen) atoms. The Kier molecular flexibility index (Phi) is 5.11. The lowest BCUT2D eigenvalue weighted by molar-refractivity contribution is -0.122. The number of benzene rings is 1. The largest absolute Gasteiger partial charge is 0.504 e. The van der Waals surface area contributed by atoms with Gasteiger partial charge in [0.2, 0.25) is 11.8 Å². The van der Waals surface area contributed by atoms with Crippen molar-refractivity contribution in [1.29, 1.82) is 0 Å². The first-order chi connectivity index (χ1) is 9.88. The van der Waals surface area contributed by atoms with Crippen LogP contribution in [0.1, 0.15) is 19.8 Å². The van der Waals surface area contributed by atoms with Gasteiger partial charge in [-0.05, 0) is 24.5 Å². The molecule has 2 atom stereocenters. The second kappa shape index (κ2) is 6.66. The zero-order valence-electron chi connectivity index (χ0n) is 11.5. The predicted octanol–water partition coefficient (Wildman–Crippen LogP) is 2.91. The second-order valence-corrected chi connectivity index (χ2v) is 6.52. The molecule has 1 aliphatic carbocycles. The van der Waals surface area contributed by atoms with Gasteiger partial charge in [0.25, 0.3) is 0 Å². The van der Waals surface area contributed by atoms with Gasteiger partial charge in [-0.2, -0.15) is 0 Å². The molecule has 1 saturated carbocycles. The molecule has 114 valence electrons. The monoisotopic (exact) mass is 374 g/mol. The summed E-state index contributed by atoms with van der Waals surface area (Å²) < 4.78 is 0.650. The molecule has 2 rings (SSSR count). The zero-order chi connectivity index (χ0) is 15.6. The minimum Gasteiger partial charge on any atom is -0.504 e. The van der Waals surface area contributed by atoms with Crippen molar-refractivity contribution in [3.05, 3.63) is 21.6 Å². The number of halogens is 2. The Morgan fingerprint density at radius 2 is 2.14 bits per heavy atom. The lowest BCUT2D eigenvalue weighted by Gasteiger charge is -2.09. The van der Waals surface area contributed by atoms with Gasteiger partial charge in [-0.15, -0.1) is 0 Å². The van der Waals surface area contributed by atoms with Crippen molar-refractivity contribution < 1.29 is 14.7 Å². The summed E-state index contributed by atoms with van der Waals surface area (Å²) in [6.45, 7) is 2.30. The summed E-state index contributed by atoms with van der Waals surface area (Å²) in [5, 5.41) is 15.2. The number of rotatable bonds is 5. The molecule has 0 unspecified atom stereocenters. The maximum absolute atomic E-state index is 11.8. The molecule has 2 amide bonds. The van der Waals surface area contributed by atoms with E-state index in [1.165, 1.54) is 6.07 Å². The van der Waals surface area contributed by atoms with Gasteiger partial charge < -0.3 is 15.7 Å². The molecule has 0 spiro atoms. The molecular weight excluding hydrogens is 360 g/mol. The van der Waals surface area contributed by atoms with E-state index >= 15 is 0 Å². The highest BCUT2D eigenvalue weighted by Gasteiger charge is 2.38. The molecule has 0 bridgehead atoms. The normalized spacial score (nSPS) is 20.0. The average molecular weight is 376 g/mol. The number of hydrogen-bond acceptors (Lipinski definition) is 3. The van der Waals surface area contributed by atoms with E-state index < -0.39 is 0 Å². The van der Waals surface area contributed by atoms with Gasteiger partial charge in [0.05, 0.1) is 10.7 Å². The van der Waals surface area contributed by atoms with Crippen molar-refractivity contribution in [3.63, 3.8) is 0 Å². The van der Waals surface area contributed by atoms with E-state index in [9.17, 15) is 14.7 Å². The Bertz CT molecular complexity index is 580. The summed E-state index contributed by atoms with van der Waals surface area (Å²) in [6, 6.07) is 3.09. The van der Waals surface area contributed by atoms with Crippen LogP contribution in [0.3, 0.4) is 0 Å². The van der Waals surface area contributed by atoms with Gasteiger partial charge in [0.15, 0.2) is 5.75 Å². The Labute approximate surface area is 136 Å². The van der Waals surface area contributed by atoms with Crippen molar-refractivity contribution in [2.45, 2.75) is 19.8 Å². The third-order valence-electron chi connectivity index (χ3n) is 3.40. The van der Waals surface area contributed by atoms with Gasteiger partial charge in [0, 0.05) is 23.4 Å². The average Bonchev–Trinajstić information content (AvgIpc) is 3.12. The number of carbonyl (C=O) groups is 2. The van der Waals surface area contributed by atoms with Crippen LogP contribution < -0.4 is 10.6 Å². The fourth-order valence-electron chi connectivity index (χ4n) is 1.99. The van der Waals surface area contributed by atoms with E-state index in [4.69, 9.17) is 11.6 Å². The molecule has 0 radical (unpaired) electrons. The number of anilines is 1. The van der Waals surface area contributed by atoms with Crippen molar-refractivity contribution in [1.82, 2.24) is 5.32 Å². The predicted molar refractivity (Wildman–Crippen MR) is 84.3 cm³/mol. The lowest BCUT2D eigenvalue weighted by Crippen LogP contribution is -2.29. The molecule has 5 nitrogen and oxygen atoms in total. The van der Waals surface area contributed by atoms with E-state index in [0.29, 0.717) is 10.4 Å². The smallest absolute Gasteiger partial charge is 0.226 e.